The van der Waals surface area contributed by atoms with Gasteiger partial charge in [0.15, 0.2) is 0 Å². The molecule has 0 spiro atoms. The van der Waals surface area contributed by atoms with Crippen LogP contribution in [0.15, 0.2) is 28.1 Å². The van der Waals surface area contributed by atoms with Gasteiger partial charge >= 0.3 is 5.97 Å². The molecule has 0 aliphatic heterocycles. The molecule has 3 nitrogen and oxygen atoms in total. The van der Waals surface area contributed by atoms with E-state index in [9.17, 15) is 9.18 Å². The molecule has 1 heterocycles. The van der Waals surface area contributed by atoms with Gasteiger partial charge in [-0.05, 0) is 18.2 Å². The normalized spacial score (nSPS) is 10.5. The molecule has 0 fully saturated rings. The summed E-state index contributed by atoms with van der Waals surface area (Å²) in [5, 5.41) is 2.60. The lowest BCUT2D eigenvalue weighted by Gasteiger charge is -2.00. The molecule has 0 bridgehead atoms. The molecular weight excluding hydrogens is 333 g/mol. The first-order chi connectivity index (χ1) is 9.10. The zero-order valence-corrected chi connectivity index (χ0v) is 12.6. The highest BCUT2D eigenvalue weighted by atomic mass is 79.9. The SMILES string of the molecule is COC(=O)CCc1csc(-c2cc(F)ccc2Br)n1. The summed E-state index contributed by atoms with van der Waals surface area (Å²) in [6.07, 6.45) is 0.820. The molecule has 19 heavy (non-hydrogen) atoms. The van der Waals surface area contributed by atoms with E-state index in [1.165, 1.54) is 30.6 Å². The zero-order valence-electron chi connectivity index (χ0n) is 10.2. The van der Waals surface area contributed by atoms with E-state index in [0.717, 1.165) is 15.2 Å². The maximum atomic E-state index is 13.2. The fourth-order valence-corrected chi connectivity index (χ4v) is 2.99. The lowest BCUT2D eigenvalue weighted by molar-refractivity contribution is -0.140. The molecule has 100 valence electrons. The number of benzene rings is 1. The Morgan fingerprint density at radius 3 is 3.05 bits per heavy atom. The van der Waals surface area contributed by atoms with Crippen molar-refractivity contribution in [2.24, 2.45) is 0 Å². The lowest BCUT2D eigenvalue weighted by atomic mass is 10.2. The Hall–Kier alpha value is -1.27. The van der Waals surface area contributed by atoms with E-state index >= 15 is 0 Å². The number of hydrogen-bond acceptors (Lipinski definition) is 4. The number of hydrogen-bond donors (Lipinski definition) is 0. The van der Waals surface area contributed by atoms with Crippen LogP contribution in [-0.4, -0.2) is 18.1 Å². The Morgan fingerprint density at radius 2 is 2.32 bits per heavy atom. The van der Waals surface area contributed by atoms with Crippen LogP contribution in [-0.2, 0) is 16.0 Å². The van der Waals surface area contributed by atoms with Gasteiger partial charge in [-0.1, -0.05) is 15.9 Å². The number of thiazole rings is 1. The third-order valence-corrected chi connectivity index (χ3v) is 4.14. The highest BCUT2D eigenvalue weighted by Gasteiger charge is 2.10. The van der Waals surface area contributed by atoms with Crippen molar-refractivity contribution in [1.82, 2.24) is 4.98 Å². The molecule has 1 aromatic carbocycles. The molecule has 0 unspecified atom stereocenters. The minimum Gasteiger partial charge on any atom is -0.469 e. The summed E-state index contributed by atoms with van der Waals surface area (Å²) >= 11 is 4.80. The summed E-state index contributed by atoms with van der Waals surface area (Å²) in [7, 11) is 1.36. The van der Waals surface area contributed by atoms with Crippen LogP contribution >= 0.6 is 27.3 Å². The van der Waals surface area contributed by atoms with Crippen molar-refractivity contribution in [1.29, 1.82) is 0 Å². The lowest BCUT2D eigenvalue weighted by Crippen LogP contribution is -2.01. The van der Waals surface area contributed by atoms with Gasteiger partial charge < -0.3 is 4.74 Å². The number of methoxy groups -OCH3 is 1. The van der Waals surface area contributed by atoms with Gasteiger partial charge in [-0.15, -0.1) is 11.3 Å². The van der Waals surface area contributed by atoms with Crippen molar-refractivity contribution in [2.45, 2.75) is 12.8 Å². The third kappa shape index (κ3) is 3.61. The van der Waals surface area contributed by atoms with Crippen LogP contribution < -0.4 is 0 Å². The highest BCUT2D eigenvalue weighted by Crippen LogP contribution is 2.31. The molecule has 6 heteroatoms. The van der Waals surface area contributed by atoms with Gasteiger partial charge in [0.25, 0.3) is 0 Å². The van der Waals surface area contributed by atoms with Crippen molar-refractivity contribution >= 4 is 33.2 Å². The van der Waals surface area contributed by atoms with Crippen LogP contribution in [0.25, 0.3) is 10.6 Å². The average molecular weight is 344 g/mol. The van der Waals surface area contributed by atoms with Crippen LogP contribution in [0.4, 0.5) is 4.39 Å². The van der Waals surface area contributed by atoms with Crippen LogP contribution in [0.5, 0.6) is 0 Å². The summed E-state index contributed by atoms with van der Waals surface area (Å²) in [5.41, 5.74) is 1.52. The fourth-order valence-electron chi connectivity index (χ4n) is 1.54. The van der Waals surface area contributed by atoms with Crippen LogP contribution in [0.2, 0.25) is 0 Å². The maximum absolute atomic E-state index is 13.2. The summed E-state index contributed by atoms with van der Waals surface area (Å²) in [6.45, 7) is 0. The largest absolute Gasteiger partial charge is 0.469 e. The molecule has 0 saturated heterocycles. The van der Waals surface area contributed by atoms with Crippen molar-refractivity contribution in [2.75, 3.05) is 7.11 Å². The minimum atomic E-state index is -0.301. The van der Waals surface area contributed by atoms with Gasteiger partial charge in [0.05, 0.1) is 19.2 Å². The highest BCUT2D eigenvalue weighted by molar-refractivity contribution is 9.10. The Labute approximate surface area is 122 Å². The van der Waals surface area contributed by atoms with Gasteiger partial charge in [-0.2, -0.15) is 0 Å². The van der Waals surface area contributed by atoms with Crippen LogP contribution in [0.3, 0.4) is 0 Å². The molecule has 2 rings (SSSR count). The average Bonchev–Trinajstić information content (AvgIpc) is 2.87. The minimum absolute atomic E-state index is 0.263. The van der Waals surface area contributed by atoms with E-state index in [4.69, 9.17) is 0 Å². The molecular formula is C13H11BrFNO2S. The number of rotatable bonds is 4. The molecule has 0 radical (unpaired) electrons. The predicted molar refractivity (Wildman–Crippen MR) is 75.5 cm³/mol. The molecule has 0 aliphatic rings. The first kappa shape index (κ1) is 14.1. The summed E-state index contributed by atoms with van der Waals surface area (Å²) in [4.78, 5) is 15.5. The molecule has 0 aliphatic carbocycles. The van der Waals surface area contributed by atoms with E-state index < -0.39 is 0 Å². The second-order valence-corrected chi connectivity index (χ2v) is 5.56. The number of carbonyl (C=O) groups excluding carboxylic acids is 1. The summed E-state index contributed by atoms with van der Waals surface area (Å²) < 4.78 is 18.6. The number of aromatic nitrogens is 1. The molecule has 0 N–H and O–H groups in total. The monoisotopic (exact) mass is 343 g/mol. The standard InChI is InChI=1S/C13H11BrFNO2S/c1-18-12(17)5-3-9-7-19-13(16-9)10-6-8(15)2-4-11(10)14/h2,4,6-7H,3,5H2,1H3. The van der Waals surface area contributed by atoms with E-state index in [2.05, 4.69) is 25.7 Å². The van der Waals surface area contributed by atoms with E-state index in [-0.39, 0.29) is 11.8 Å². The number of esters is 1. The van der Waals surface area contributed by atoms with Gasteiger partial charge in [-0.25, -0.2) is 9.37 Å². The summed E-state index contributed by atoms with van der Waals surface area (Å²) in [5.74, 6) is -0.564. The number of nitrogens with zero attached hydrogens (tertiary/aromatic N) is 1. The van der Waals surface area contributed by atoms with Gasteiger partial charge in [-0.3, -0.25) is 4.79 Å². The van der Waals surface area contributed by atoms with Gasteiger partial charge in [0, 0.05) is 21.8 Å². The Kier molecular flexibility index (Phi) is 4.66. The Balaban J connectivity index is 2.16. The second-order valence-electron chi connectivity index (χ2n) is 3.84. The molecule has 0 atom stereocenters. The van der Waals surface area contributed by atoms with E-state index in [1.54, 1.807) is 6.07 Å². The molecule has 1 aromatic heterocycles. The van der Waals surface area contributed by atoms with Crippen molar-refractivity contribution in [3.05, 3.63) is 39.6 Å². The molecule has 0 amide bonds. The number of halogens is 2. The smallest absolute Gasteiger partial charge is 0.305 e. The Bertz CT molecular complexity index is 600. The van der Waals surface area contributed by atoms with Crippen molar-refractivity contribution in [3.63, 3.8) is 0 Å². The van der Waals surface area contributed by atoms with Crippen molar-refractivity contribution in [3.8, 4) is 10.6 Å². The van der Waals surface area contributed by atoms with Gasteiger partial charge in [0.2, 0.25) is 0 Å². The Morgan fingerprint density at radius 1 is 1.53 bits per heavy atom. The topological polar surface area (TPSA) is 39.2 Å². The van der Waals surface area contributed by atoms with Crippen LogP contribution in [0.1, 0.15) is 12.1 Å². The first-order valence-electron chi connectivity index (χ1n) is 5.57. The predicted octanol–water partition coefficient (Wildman–Crippen LogP) is 3.82. The second kappa shape index (κ2) is 6.25. The fraction of sp³-hybridized carbons (Fsp3) is 0.231. The number of aryl methyl sites for hydroxylation is 1. The molecule has 2 aromatic rings. The quantitative estimate of drug-likeness (QED) is 0.792. The van der Waals surface area contributed by atoms with E-state index in [0.29, 0.717) is 18.4 Å². The van der Waals surface area contributed by atoms with E-state index in [1.807, 2.05) is 5.38 Å². The first-order valence-corrected chi connectivity index (χ1v) is 7.24. The van der Waals surface area contributed by atoms with Gasteiger partial charge in [0.1, 0.15) is 10.8 Å². The summed E-state index contributed by atoms with van der Waals surface area (Å²) in [6, 6.07) is 4.48. The number of carbonyl (C=O) groups is 1. The molecule has 0 saturated carbocycles. The zero-order chi connectivity index (χ0) is 13.8. The number of ether oxygens (including phenoxy) is 1. The third-order valence-electron chi connectivity index (χ3n) is 2.52. The maximum Gasteiger partial charge on any atom is 0.305 e. The van der Waals surface area contributed by atoms with Crippen LogP contribution in [0, 0.1) is 5.82 Å². The van der Waals surface area contributed by atoms with Crippen molar-refractivity contribution < 1.29 is 13.9 Å².